The molecular weight excluding hydrogens is 566 g/mol. The van der Waals surface area contributed by atoms with E-state index in [4.69, 9.17) is 17.2 Å². The SMILES string of the molecule is CCCCCCC1C=CC(CCCCCCCC2=NCCN2CCN)C(C(=O)NCCNCCN)C1C(=O)NCCNCCN. The molecule has 1 aliphatic carbocycles. The molecule has 2 amide bonds. The molecular formula is C34H67N9O2. The third-order valence-electron chi connectivity index (χ3n) is 9.12. The van der Waals surface area contributed by atoms with Crippen molar-refractivity contribution in [1.29, 1.82) is 0 Å². The average molecular weight is 634 g/mol. The number of carbonyl (C=O) groups is 2. The number of nitrogens with one attached hydrogen (secondary N) is 4. The van der Waals surface area contributed by atoms with Crippen LogP contribution in [0.3, 0.4) is 0 Å². The van der Waals surface area contributed by atoms with E-state index in [1.165, 1.54) is 31.5 Å². The zero-order chi connectivity index (χ0) is 32.5. The number of rotatable bonds is 27. The lowest BCUT2D eigenvalue weighted by Crippen LogP contribution is -2.50. The van der Waals surface area contributed by atoms with E-state index >= 15 is 0 Å². The highest BCUT2D eigenvalue weighted by Gasteiger charge is 2.44. The fourth-order valence-corrected chi connectivity index (χ4v) is 6.73. The molecule has 11 nitrogen and oxygen atoms in total. The highest BCUT2D eigenvalue weighted by molar-refractivity contribution is 5.89. The van der Waals surface area contributed by atoms with E-state index in [9.17, 15) is 9.59 Å². The molecule has 2 aliphatic rings. The summed E-state index contributed by atoms with van der Waals surface area (Å²) in [7, 11) is 0. The van der Waals surface area contributed by atoms with E-state index in [0.717, 1.165) is 77.5 Å². The van der Waals surface area contributed by atoms with E-state index in [1.54, 1.807) is 0 Å². The number of allylic oxidation sites excluding steroid dienone is 2. The van der Waals surface area contributed by atoms with Crippen LogP contribution in [0.2, 0.25) is 0 Å². The molecule has 2 rings (SSSR count). The quantitative estimate of drug-likeness (QED) is 0.0529. The molecule has 1 aliphatic heterocycles. The summed E-state index contributed by atoms with van der Waals surface area (Å²) < 4.78 is 0. The largest absolute Gasteiger partial charge is 0.357 e. The van der Waals surface area contributed by atoms with Gasteiger partial charge in [0.2, 0.25) is 11.8 Å². The number of hydrogen-bond donors (Lipinski definition) is 7. The van der Waals surface area contributed by atoms with Gasteiger partial charge in [-0.2, -0.15) is 0 Å². The van der Waals surface area contributed by atoms with Gasteiger partial charge in [0, 0.05) is 78.4 Å². The van der Waals surface area contributed by atoms with Gasteiger partial charge < -0.3 is 43.4 Å². The van der Waals surface area contributed by atoms with Gasteiger partial charge >= 0.3 is 0 Å². The Morgan fingerprint density at radius 2 is 1.27 bits per heavy atom. The van der Waals surface area contributed by atoms with Crippen LogP contribution in [0.4, 0.5) is 0 Å². The molecule has 0 radical (unpaired) electrons. The summed E-state index contributed by atoms with van der Waals surface area (Å²) in [5.41, 5.74) is 17.0. The van der Waals surface area contributed by atoms with Gasteiger partial charge in [0.25, 0.3) is 0 Å². The average Bonchev–Trinajstić information content (AvgIpc) is 3.49. The molecule has 1 heterocycles. The van der Waals surface area contributed by atoms with Crippen molar-refractivity contribution >= 4 is 17.6 Å². The lowest BCUT2D eigenvalue weighted by atomic mass is 9.67. The predicted octanol–water partition coefficient (Wildman–Crippen LogP) is 1.72. The number of carbonyl (C=O) groups excluding carboxylic acids is 2. The fraction of sp³-hybridized carbons (Fsp3) is 0.853. The Kier molecular flexibility index (Phi) is 21.8. The molecule has 10 N–H and O–H groups in total. The standard InChI is InChI=1S/C34H67N9O2/c1-2-3-4-8-11-28-14-15-29(12-9-6-5-7-10-13-30-40-25-27-43(30)26-18-37)32(34(45)42-24-22-39-20-17-36)31(28)33(44)41-23-21-38-19-16-35/h14-15,28-29,31-32,38-39H,2-13,16-27,35-37H2,1H3,(H,41,44)(H,42,45). The van der Waals surface area contributed by atoms with Crippen molar-refractivity contribution in [2.75, 3.05) is 78.5 Å². The molecule has 0 spiro atoms. The Bertz CT molecular complexity index is 854. The second-order valence-corrected chi connectivity index (χ2v) is 12.7. The summed E-state index contributed by atoms with van der Waals surface area (Å²) in [6.45, 7) is 10.6. The van der Waals surface area contributed by atoms with E-state index in [2.05, 4.69) is 50.2 Å². The third kappa shape index (κ3) is 15.4. The summed E-state index contributed by atoms with van der Waals surface area (Å²) in [5.74, 6) is 0.612. The van der Waals surface area contributed by atoms with Crippen LogP contribution in [-0.4, -0.2) is 101 Å². The molecule has 0 aromatic heterocycles. The van der Waals surface area contributed by atoms with Gasteiger partial charge in [-0.25, -0.2) is 0 Å². The first-order chi connectivity index (χ1) is 22.1. The Morgan fingerprint density at radius 1 is 0.733 bits per heavy atom. The van der Waals surface area contributed by atoms with Crippen molar-refractivity contribution in [3.8, 4) is 0 Å². The van der Waals surface area contributed by atoms with Gasteiger partial charge in [-0.3, -0.25) is 14.6 Å². The van der Waals surface area contributed by atoms with Gasteiger partial charge in [-0.05, 0) is 31.1 Å². The Labute approximate surface area is 273 Å². The molecule has 4 atom stereocenters. The summed E-state index contributed by atoms with van der Waals surface area (Å²) in [5, 5.41) is 12.8. The van der Waals surface area contributed by atoms with Gasteiger partial charge in [-0.15, -0.1) is 0 Å². The maximum atomic E-state index is 13.8. The van der Waals surface area contributed by atoms with Gasteiger partial charge in [-0.1, -0.05) is 70.4 Å². The topological polar surface area (TPSA) is 176 Å². The highest BCUT2D eigenvalue weighted by Crippen LogP contribution is 2.40. The van der Waals surface area contributed by atoms with Gasteiger partial charge in [0.1, 0.15) is 0 Å². The number of nitrogens with two attached hydrogens (primary N) is 3. The third-order valence-corrected chi connectivity index (χ3v) is 9.12. The number of hydrogen-bond acceptors (Lipinski definition) is 9. The highest BCUT2D eigenvalue weighted by atomic mass is 16.2. The first-order valence-electron chi connectivity index (χ1n) is 18.1. The number of nitrogens with zero attached hydrogens (tertiary/aromatic N) is 2. The number of aliphatic imine (C=N–C) groups is 1. The van der Waals surface area contributed by atoms with Gasteiger partial charge in [0.15, 0.2) is 0 Å². The van der Waals surface area contributed by atoms with Crippen molar-refractivity contribution in [3.05, 3.63) is 12.2 Å². The molecule has 11 heteroatoms. The zero-order valence-corrected chi connectivity index (χ0v) is 28.4. The number of unbranched alkanes of at least 4 members (excludes halogenated alkanes) is 7. The van der Waals surface area contributed by atoms with E-state index < -0.39 is 0 Å². The van der Waals surface area contributed by atoms with Crippen molar-refractivity contribution in [3.63, 3.8) is 0 Å². The van der Waals surface area contributed by atoms with E-state index in [1.807, 2.05) is 0 Å². The minimum Gasteiger partial charge on any atom is -0.357 e. The Balaban J connectivity index is 2.01. The van der Waals surface area contributed by atoms with E-state index in [-0.39, 0.29) is 35.5 Å². The second-order valence-electron chi connectivity index (χ2n) is 12.7. The molecule has 0 saturated carbocycles. The summed E-state index contributed by atoms with van der Waals surface area (Å²) >= 11 is 0. The first-order valence-corrected chi connectivity index (χ1v) is 18.1. The second kappa shape index (κ2) is 25.1. The van der Waals surface area contributed by atoms with Crippen molar-refractivity contribution < 1.29 is 9.59 Å². The molecule has 0 aromatic carbocycles. The van der Waals surface area contributed by atoms with Crippen LogP contribution in [0.15, 0.2) is 17.1 Å². The summed E-state index contributed by atoms with van der Waals surface area (Å²) in [6.07, 6.45) is 17.7. The molecule has 0 bridgehead atoms. The molecule has 0 saturated heterocycles. The first kappa shape index (κ1) is 39.1. The van der Waals surface area contributed by atoms with Crippen molar-refractivity contribution in [2.24, 2.45) is 45.9 Å². The predicted molar refractivity (Wildman–Crippen MR) is 187 cm³/mol. The maximum absolute atomic E-state index is 13.8. The van der Waals surface area contributed by atoms with Crippen LogP contribution in [0.25, 0.3) is 0 Å². The van der Waals surface area contributed by atoms with Crippen molar-refractivity contribution in [2.45, 2.75) is 84.0 Å². The van der Waals surface area contributed by atoms with Crippen LogP contribution in [-0.2, 0) is 9.59 Å². The molecule has 0 aromatic rings. The van der Waals surface area contributed by atoms with Crippen LogP contribution >= 0.6 is 0 Å². The van der Waals surface area contributed by atoms with Crippen LogP contribution in [0.5, 0.6) is 0 Å². The summed E-state index contributed by atoms with van der Waals surface area (Å²) in [6, 6.07) is 0. The van der Waals surface area contributed by atoms with E-state index in [0.29, 0.717) is 52.4 Å². The lowest BCUT2D eigenvalue weighted by molar-refractivity contribution is -0.138. The summed E-state index contributed by atoms with van der Waals surface area (Å²) in [4.78, 5) is 34.6. The van der Waals surface area contributed by atoms with Gasteiger partial charge in [0.05, 0.1) is 24.2 Å². The fourth-order valence-electron chi connectivity index (χ4n) is 6.73. The lowest BCUT2D eigenvalue weighted by Gasteiger charge is -2.38. The van der Waals surface area contributed by atoms with Crippen molar-refractivity contribution in [1.82, 2.24) is 26.2 Å². The molecule has 0 fully saturated rings. The minimum absolute atomic E-state index is 0.000645. The number of amides is 2. The maximum Gasteiger partial charge on any atom is 0.224 e. The monoisotopic (exact) mass is 634 g/mol. The Hall–Kier alpha value is -2.05. The zero-order valence-electron chi connectivity index (χ0n) is 28.4. The Morgan fingerprint density at radius 3 is 1.80 bits per heavy atom. The minimum atomic E-state index is -0.369. The van der Waals surface area contributed by atoms with Crippen LogP contribution < -0.4 is 38.5 Å². The number of amidine groups is 1. The molecule has 4 unspecified atom stereocenters. The normalized spacial score (nSPS) is 21.2. The van der Waals surface area contributed by atoms with Crippen LogP contribution in [0, 0.1) is 23.7 Å². The van der Waals surface area contributed by atoms with Crippen LogP contribution in [0.1, 0.15) is 84.0 Å². The molecule has 45 heavy (non-hydrogen) atoms. The molecule has 260 valence electrons. The smallest absolute Gasteiger partial charge is 0.224 e.